The molecule has 1 N–H and O–H groups in total. The molecule has 0 fully saturated rings. The van der Waals surface area contributed by atoms with Gasteiger partial charge in [0.25, 0.3) is 0 Å². The van der Waals surface area contributed by atoms with E-state index in [4.69, 9.17) is 11.6 Å². The number of hydrogen-bond donors (Lipinski definition) is 1. The lowest BCUT2D eigenvalue weighted by atomic mass is 10.0. The molecule has 2 aromatic rings. The van der Waals surface area contributed by atoms with Crippen molar-refractivity contribution in [3.63, 3.8) is 0 Å². The van der Waals surface area contributed by atoms with Gasteiger partial charge >= 0.3 is 0 Å². The Kier molecular flexibility index (Phi) is 5.01. The summed E-state index contributed by atoms with van der Waals surface area (Å²) in [7, 11) is 0. The van der Waals surface area contributed by atoms with Crippen LogP contribution in [0.3, 0.4) is 0 Å². The van der Waals surface area contributed by atoms with Gasteiger partial charge in [-0.15, -0.1) is 0 Å². The number of aliphatic hydroxyl groups is 1. The molecule has 2 rings (SSSR count). The number of hydrogen-bond acceptors (Lipinski definition) is 1. The average Bonchev–Trinajstić information content (AvgIpc) is 2.35. The van der Waals surface area contributed by atoms with E-state index in [1.807, 2.05) is 0 Å². The zero-order valence-corrected chi connectivity index (χ0v) is 13.6. The second kappa shape index (κ2) is 6.35. The third-order valence-electron chi connectivity index (χ3n) is 2.75. The largest absolute Gasteiger partial charge is 0.388 e. The van der Waals surface area contributed by atoms with Crippen LogP contribution in [0.2, 0.25) is 5.02 Å². The van der Waals surface area contributed by atoms with Crippen molar-refractivity contribution >= 4 is 43.5 Å². The van der Waals surface area contributed by atoms with Crippen LogP contribution in [-0.4, -0.2) is 5.11 Å². The quantitative estimate of drug-likeness (QED) is 0.733. The molecule has 0 amide bonds. The summed E-state index contributed by atoms with van der Waals surface area (Å²) in [5.74, 6) is -0.311. The van der Waals surface area contributed by atoms with E-state index in [0.29, 0.717) is 21.5 Å². The van der Waals surface area contributed by atoms with Crippen molar-refractivity contribution in [1.29, 1.82) is 0 Å². The smallest absolute Gasteiger partial charge is 0.124 e. The summed E-state index contributed by atoms with van der Waals surface area (Å²) in [6.07, 6.45) is -0.338. The highest BCUT2D eigenvalue weighted by molar-refractivity contribution is 9.10. The van der Waals surface area contributed by atoms with Gasteiger partial charge in [-0.05, 0) is 41.5 Å². The predicted octanol–water partition coefficient (Wildman–Crippen LogP) is 5.28. The predicted molar refractivity (Wildman–Crippen MR) is 81.9 cm³/mol. The van der Waals surface area contributed by atoms with Gasteiger partial charge in [0, 0.05) is 20.4 Å². The number of rotatable bonds is 3. The third-order valence-corrected chi connectivity index (χ3v) is 4.44. The Morgan fingerprint density at radius 1 is 1.11 bits per heavy atom. The van der Waals surface area contributed by atoms with Crippen molar-refractivity contribution in [2.75, 3.05) is 0 Å². The third kappa shape index (κ3) is 3.78. The van der Waals surface area contributed by atoms with E-state index in [2.05, 4.69) is 31.9 Å². The van der Waals surface area contributed by atoms with Gasteiger partial charge in [0.05, 0.1) is 6.10 Å². The minimum absolute atomic E-state index is 0.311. The molecule has 0 aliphatic heterocycles. The molecule has 0 heterocycles. The van der Waals surface area contributed by atoms with Gasteiger partial charge in [0.2, 0.25) is 0 Å². The van der Waals surface area contributed by atoms with E-state index in [9.17, 15) is 9.50 Å². The lowest BCUT2D eigenvalue weighted by molar-refractivity contribution is 0.177. The van der Waals surface area contributed by atoms with E-state index in [1.165, 1.54) is 12.1 Å². The van der Waals surface area contributed by atoms with Crippen LogP contribution >= 0.6 is 43.5 Å². The summed E-state index contributed by atoms with van der Waals surface area (Å²) in [4.78, 5) is 0. The number of halogens is 4. The highest BCUT2D eigenvalue weighted by atomic mass is 79.9. The first-order chi connectivity index (χ1) is 8.97. The van der Waals surface area contributed by atoms with Gasteiger partial charge in [0.1, 0.15) is 5.82 Å². The van der Waals surface area contributed by atoms with Gasteiger partial charge < -0.3 is 5.11 Å². The van der Waals surface area contributed by atoms with Crippen LogP contribution in [0.4, 0.5) is 4.39 Å². The molecular weight excluding hydrogens is 398 g/mol. The molecule has 0 aromatic heterocycles. The van der Waals surface area contributed by atoms with E-state index in [1.54, 1.807) is 24.3 Å². The topological polar surface area (TPSA) is 20.2 Å². The maximum atomic E-state index is 13.0. The Balaban J connectivity index is 2.25. The summed E-state index contributed by atoms with van der Waals surface area (Å²) < 4.78 is 14.4. The van der Waals surface area contributed by atoms with Crippen LogP contribution in [0.1, 0.15) is 17.2 Å². The summed E-state index contributed by atoms with van der Waals surface area (Å²) in [6.45, 7) is 0. The Morgan fingerprint density at radius 3 is 2.53 bits per heavy atom. The van der Waals surface area contributed by atoms with Crippen molar-refractivity contribution in [3.05, 3.63) is 67.3 Å². The van der Waals surface area contributed by atoms with Crippen LogP contribution in [0, 0.1) is 5.82 Å². The van der Waals surface area contributed by atoms with Gasteiger partial charge in [-0.3, -0.25) is 0 Å². The maximum absolute atomic E-state index is 13.0. The standard InChI is InChI=1S/C14H10Br2ClFO/c15-12-4-2-9(17)6-11(12)14(19)5-8-1-3-10(18)7-13(8)16/h1-4,6-7,14,19H,5H2. The lowest BCUT2D eigenvalue weighted by Crippen LogP contribution is -2.03. The molecule has 19 heavy (non-hydrogen) atoms. The molecule has 5 heteroatoms. The Labute approximate surface area is 132 Å². The molecule has 0 saturated heterocycles. The monoisotopic (exact) mass is 406 g/mol. The molecule has 1 atom stereocenters. The van der Waals surface area contributed by atoms with Gasteiger partial charge in [-0.1, -0.05) is 49.5 Å². The van der Waals surface area contributed by atoms with Crippen LogP contribution < -0.4 is 0 Å². The second-order valence-electron chi connectivity index (χ2n) is 4.12. The maximum Gasteiger partial charge on any atom is 0.124 e. The number of aliphatic hydroxyl groups excluding tert-OH is 1. The fourth-order valence-corrected chi connectivity index (χ4v) is 2.98. The van der Waals surface area contributed by atoms with Crippen molar-refractivity contribution in [3.8, 4) is 0 Å². The average molecular weight is 408 g/mol. The lowest BCUT2D eigenvalue weighted by Gasteiger charge is -2.14. The van der Waals surface area contributed by atoms with Crippen LogP contribution in [0.5, 0.6) is 0 Å². The molecule has 1 nitrogen and oxygen atoms in total. The first-order valence-corrected chi connectivity index (χ1v) is 7.50. The molecule has 0 spiro atoms. The molecule has 0 aliphatic carbocycles. The van der Waals surface area contributed by atoms with Crippen molar-refractivity contribution in [1.82, 2.24) is 0 Å². The van der Waals surface area contributed by atoms with E-state index in [-0.39, 0.29) is 5.82 Å². The van der Waals surface area contributed by atoms with E-state index < -0.39 is 6.10 Å². The van der Waals surface area contributed by atoms with Crippen molar-refractivity contribution in [2.45, 2.75) is 12.5 Å². The van der Waals surface area contributed by atoms with Crippen LogP contribution in [-0.2, 0) is 6.42 Å². The fourth-order valence-electron chi connectivity index (χ4n) is 1.78. The van der Waals surface area contributed by atoms with Gasteiger partial charge in [-0.2, -0.15) is 0 Å². The normalized spacial score (nSPS) is 12.5. The molecule has 0 radical (unpaired) electrons. The Hall–Kier alpha value is -0.420. The zero-order chi connectivity index (χ0) is 14.0. The molecule has 100 valence electrons. The molecule has 0 aliphatic rings. The molecule has 0 saturated carbocycles. The highest BCUT2D eigenvalue weighted by Gasteiger charge is 2.14. The fraction of sp³-hybridized carbons (Fsp3) is 0.143. The molecule has 0 bridgehead atoms. The van der Waals surface area contributed by atoms with Crippen LogP contribution in [0.25, 0.3) is 0 Å². The van der Waals surface area contributed by atoms with E-state index in [0.717, 1.165) is 10.0 Å². The van der Waals surface area contributed by atoms with Crippen molar-refractivity contribution in [2.24, 2.45) is 0 Å². The summed E-state index contributed by atoms with van der Waals surface area (Å²) >= 11 is 12.6. The molecule has 2 aromatic carbocycles. The summed E-state index contributed by atoms with van der Waals surface area (Å²) in [5.41, 5.74) is 1.55. The summed E-state index contributed by atoms with van der Waals surface area (Å²) in [6, 6.07) is 9.67. The molecular formula is C14H10Br2ClFO. The first kappa shape index (κ1) is 15.0. The Bertz CT molecular complexity index is 604. The first-order valence-electron chi connectivity index (χ1n) is 5.54. The Morgan fingerprint density at radius 2 is 1.84 bits per heavy atom. The summed E-state index contributed by atoms with van der Waals surface area (Å²) in [5, 5.41) is 10.8. The van der Waals surface area contributed by atoms with Gasteiger partial charge in [-0.25, -0.2) is 4.39 Å². The number of benzene rings is 2. The van der Waals surface area contributed by atoms with Gasteiger partial charge in [0.15, 0.2) is 0 Å². The van der Waals surface area contributed by atoms with Crippen LogP contribution in [0.15, 0.2) is 45.3 Å². The van der Waals surface area contributed by atoms with Crippen molar-refractivity contribution < 1.29 is 9.50 Å². The molecule has 1 unspecified atom stereocenters. The van der Waals surface area contributed by atoms with E-state index >= 15 is 0 Å². The SMILES string of the molecule is OC(Cc1ccc(F)cc1Br)c1cc(Cl)ccc1Br. The minimum atomic E-state index is -0.713. The second-order valence-corrected chi connectivity index (χ2v) is 6.27. The minimum Gasteiger partial charge on any atom is -0.388 e. The zero-order valence-electron chi connectivity index (χ0n) is 9.71. The highest BCUT2D eigenvalue weighted by Crippen LogP contribution is 2.30.